The van der Waals surface area contributed by atoms with Gasteiger partial charge in [-0.1, -0.05) is 115 Å². The van der Waals surface area contributed by atoms with Gasteiger partial charge in [-0.2, -0.15) is 0 Å². The molecule has 0 fully saturated rings. The molecule has 5 aromatic rings. The molecule has 0 amide bonds. The second-order valence-electron chi connectivity index (χ2n) is 11.9. The van der Waals surface area contributed by atoms with E-state index in [4.69, 9.17) is 4.42 Å². The fraction of sp³-hybridized carbons (Fsp3) is 0.143. The molecule has 1 aromatic heterocycles. The van der Waals surface area contributed by atoms with E-state index in [0.29, 0.717) is 0 Å². The molecule has 1 atom stereocenters. The van der Waals surface area contributed by atoms with E-state index in [1.807, 2.05) is 0 Å². The zero-order chi connectivity index (χ0) is 29.3. The summed E-state index contributed by atoms with van der Waals surface area (Å²) in [4.78, 5) is 2.49. The van der Waals surface area contributed by atoms with Gasteiger partial charge in [-0.05, 0) is 90.3 Å². The van der Waals surface area contributed by atoms with E-state index in [0.717, 1.165) is 43.1 Å². The van der Waals surface area contributed by atoms with Crippen LogP contribution in [0, 0.1) is 0 Å². The molecule has 44 heavy (non-hydrogen) atoms. The van der Waals surface area contributed by atoms with Crippen LogP contribution >= 0.6 is 0 Å². The van der Waals surface area contributed by atoms with Crippen LogP contribution in [0.2, 0.25) is 0 Å². The highest BCUT2D eigenvalue weighted by atomic mass is 16.3. The first-order chi connectivity index (χ1) is 21.8. The molecule has 3 aliphatic rings. The van der Waals surface area contributed by atoms with Crippen LogP contribution in [-0.4, -0.2) is 6.04 Å². The highest BCUT2D eigenvalue weighted by Crippen LogP contribution is 2.36. The van der Waals surface area contributed by atoms with E-state index in [1.54, 1.807) is 0 Å². The summed E-state index contributed by atoms with van der Waals surface area (Å²) in [7, 11) is 0. The normalized spacial score (nSPS) is 17.5. The Morgan fingerprint density at radius 2 is 1.32 bits per heavy atom. The van der Waals surface area contributed by atoms with Crippen molar-refractivity contribution in [3.8, 4) is 11.1 Å². The van der Waals surface area contributed by atoms with Gasteiger partial charge in [0.1, 0.15) is 11.0 Å². The summed E-state index contributed by atoms with van der Waals surface area (Å²) in [6.07, 6.45) is 21.5. The van der Waals surface area contributed by atoms with E-state index in [9.17, 15) is 0 Å². The number of hydrogen-bond acceptors (Lipinski definition) is 2. The first-order valence-corrected chi connectivity index (χ1v) is 15.8. The molecule has 0 spiro atoms. The molecule has 0 aliphatic heterocycles. The molecule has 8 rings (SSSR count). The minimum Gasteiger partial charge on any atom is -0.456 e. The maximum atomic E-state index is 6.42. The van der Waals surface area contributed by atoms with Crippen LogP contribution in [0.25, 0.3) is 39.3 Å². The summed E-state index contributed by atoms with van der Waals surface area (Å²) in [5, 5.41) is 2.47. The van der Waals surface area contributed by atoms with Gasteiger partial charge in [0.15, 0.2) is 0 Å². The molecule has 0 bridgehead atoms. The zero-order valence-corrected chi connectivity index (χ0v) is 24.8. The minimum absolute atomic E-state index is 0.201. The molecule has 0 radical (unpaired) electrons. The number of anilines is 2. The average Bonchev–Trinajstić information content (AvgIpc) is 3.49. The molecule has 214 valence electrons. The molecule has 0 N–H and O–H groups in total. The van der Waals surface area contributed by atoms with E-state index < -0.39 is 0 Å². The van der Waals surface area contributed by atoms with E-state index in [2.05, 4.69) is 151 Å². The highest BCUT2D eigenvalue weighted by Gasteiger charge is 2.23. The first-order valence-electron chi connectivity index (χ1n) is 15.8. The molecular formula is C42H35NO. The van der Waals surface area contributed by atoms with Crippen LogP contribution in [0.1, 0.15) is 37.7 Å². The summed E-state index contributed by atoms with van der Waals surface area (Å²) in [6, 6.07) is 37.3. The Morgan fingerprint density at radius 1 is 0.591 bits per heavy atom. The predicted molar refractivity (Wildman–Crippen MR) is 185 cm³/mol. The standard InChI is InChI=1S/C42H35NO/c1-3-10-30(11-4-1)32-18-24-35(25-19-32)43(36-26-20-33(21-27-36)31-12-5-2-6-13-31)37-28-22-34(23-29-37)38-15-9-16-40-39-14-7-8-17-41(39)44-42(38)40/h1,3-5,7-8,10-14,16-28,37H,2,6,9,15,29H2. The molecule has 1 heterocycles. The number of allylic oxidation sites excluding steroid dienone is 6. The molecule has 2 heteroatoms. The number of benzene rings is 4. The van der Waals surface area contributed by atoms with Gasteiger partial charge in [0.05, 0.1) is 6.04 Å². The Kier molecular flexibility index (Phi) is 6.96. The number of rotatable bonds is 6. The summed E-state index contributed by atoms with van der Waals surface area (Å²) in [5.41, 5.74) is 12.1. The number of hydrogen-bond donors (Lipinski definition) is 0. The van der Waals surface area contributed by atoms with Crippen molar-refractivity contribution in [3.05, 3.63) is 161 Å². The number of nitrogens with zero attached hydrogens (tertiary/aromatic N) is 1. The van der Waals surface area contributed by atoms with Gasteiger partial charge < -0.3 is 9.32 Å². The molecule has 3 aliphatic carbocycles. The molecule has 0 saturated carbocycles. The van der Waals surface area contributed by atoms with Crippen molar-refractivity contribution in [2.24, 2.45) is 0 Å². The predicted octanol–water partition coefficient (Wildman–Crippen LogP) is 9.65. The van der Waals surface area contributed by atoms with Crippen molar-refractivity contribution in [3.63, 3.8) is 0 Å². The third-order valence-electron chi connectivity index (χ3n) is 9.13. The Hall–Kier alpha value is -5.08. The summed E-state index contributed by atoms with van der Waals surface area (Å²) >= 11 is 0. The SMILES string of the molecule is C1=CC(c2ccc(N(c3ccc(-c4ccccc4)cc3)C3C=CC(C4=c5oc6ccccc6c5=CCC4)=CC3)cc2)=CCC1. The van der Waals surface area contributed by atoms with Crippen molar-refractivity contribution in [2.45, 2.75) is 38.1 Å². The van der Waals surface area contributed by atoms with E-state index >= 15 is 0 Å². The van der Waals surface area contributed by atoms with Gasteiger partial charge in [0.25, 0.3) is 0 Å². The third-order valence-corrected chi connectivity index (χ3v) is 9.13. The van der Waals surface area contributed by atoms with Gasteiger partial charge in [-0.25, -0.2) is 0 Å². The monoisotopic (exact) mass is 569 g/mol. The lowest BCUT2D eigenvalue weighted by Crippen LogP contribution is -2.31. The second kappa shape index (κ2) is 11.5. The lowest BCUT2D eigenvalue weighted by molar-refractivity contribution is 0.568. The van der Waals surface area contributed by atoms with Gasteiger partial charge in [-0.15, -0.1) is 0 Å². The highest BCUT2D eigenvalue weighted by molar-refractivity contribution is 5.82. The molecule has 0 saturated heterocycles. The molecular weight excluding hydrogens is 534 g/mol. The van der Waals surface area contributed by atoms with Crippen molar-refractivity contribution in [2.75, 3.05) is 4.90 Å². The van der Waals surface area contributed by atoms with Crippen LogP contribution in [0.4, 0.5) is 11.4 Å². The quantitative estimate of drug-likeness (QED) is 0.202. The van der Waals surface area contributed by atoms with Crippen LogP contribution in [0.3, 0.4) is 0 Å². The number of furan rings is 1. The van der Waals surface area contributed by atoms with Crippen LogP contribution in [0.15, 0.2) is 150 Å². The third kappa shape index (κ3) is 4.97. The van der Waals surface area contributed by atoms with Crippen molar-refractivity contribution in [1.82, 2.24) is 0 Å². The zero-order valence-electron chi connectivity index (χ0n) is 24.8. The largest absolute Gasteiger partial charge is 0.456 e. The summed E-state index contributed by atoms with van der Waals surface area (Å²) < 4.78 is 6.42. The van der Waals surface area contributed by atoms with Crippen molar-refractivity contribution in [1.29, 1.82) is 0 Å². The summed E-state index contributed by atoms with van der Waals surface area (Å²) in [5.74, 6) is 0. The van der Waals surface area contributed by atoms with Crippen LogP contribution in [0.5, 0.6) is 0 Å². The fourth-order valence-electron chi connectivity index (χ4n) is 6.89. The number of fused-ring (bicyclic) bond motifs is 3. The van der Waals surface area contributed by atoms with E-state index in [-0.39, 0.29) is 6.04 Å². The lowest BCUT2D eigenvalue weighted by atomic mass is 9.91. The Labute approximate surface area is 259 Å². The second-order valence-corrected chi connectivity index (χ2v) is 11.9. The van der Waals surface area contributed by atoms with Gasteiger partial charge in [-0.3, -0.25) is 0 Å². The van der Waals surface area contributed by atoms with Gasteiger partial charge in [0.2, 0.25) is 0 Å². The number of para-hydroxylation sites is 1. The van der Waals surface area contributed by atoms with Gasteiger partial charge in [0, 0.05) is 27.6 Å². The van der Waals surface area contributed by atoms with Crippen LogP contribution < -0.4 is 15.5 Å². The average molecular weight is 570 g/mol. The smallest absolute Gasteiger partial charge is 0.138 e. The molecule has 1 unspecified atom stereocenters. The van der Waals surface area contributed by atoms with Crippen LogP contribution in [-0.2, 0) is 0 Å². The molecule has 4 aromatic carbocycles. The lowest BCUT2D eigenvalue weighted by Gasteiger charge is -2.33. The van der Waals surface area contributed by atoms with Crippen molar-refractivity contribution >= 4 is 39.6 Å². The topological polar surface area (TPSA) is 16.4 Å². The van der Waals surface area contributed by atoms with E-state index in [1.165, 1.54) is 55.4 Å². The Bertz CT molecular complexity index is 2070. The Balaban J connectivity index is 1.14. The first kappa shape index (κ1) is 26.5. The fourth-order valence-corrected chi connectivity index (χ4v) is 6.89. The van der Waals surface area contributed by atoms with Gasteiger partial charge >= 0.3 is 0 Å². The summed E-state index contributed by atoms with van der Waals surface area (Å²) in [6.45, 7) is 0. The maximum Gasteiger partial charge on any atom is 0.138 e. The van der Waals surface area contributed by atoms with Crippen molar-refractivity contribution < 1.29 is 4.42 Å². The Morgan fingerprint density at radius 3 is 2.05 bits per heavy atom. The molecule has 2 nitrogen and oxygen atoms in total. The maximum absolute atomic E-state index is 6.42. The minimum atomic E-state index is 0.201.